The van der Waals surface area contributed by atoms with Crippen LogP contribution in [0.2, 0.25) is 0 Å². The van der Waals surface area contributed by atoms with Crippen LogP contribution in [0.3, 0.4) is 0 Å². The highest BCUT2D eigenvalue weighted by Gasteiger charge is 2.11. The Morgan fingerprint density at radius 1 is 1.71 bits per heavy atom. The maximum atomic E-state index is 9.67. The van der Waals surface area contributed by atoms with E-state index in [9.17, 15) is 4.57 Å². The van der Waals surface area contributed by atoms with E-state index in [1.54, 1.807) is 0 Å². The van der Waals surface area contributed by atoms with E-state index in [4.69, 9.17) is 15.0 Å². The van der Waals surface area contributed by atoms with Gasteiger partial charge < -0.3 is 9.79 Å². The van der Waals surface area contributed by atoms with Crippen LogP contribution in [0.4, 0.5) is 0 Å². The largest absolute Gasteiger partial charge is 0.398 e. The van der Waals surface area contributed by atoms with Gasteiger partial charge in [-0.25, -0.2) is 4.57 Å². The molecule has 0 aromatic rings. The Labute approximate surface area is 44.1 Å². The van der Waals surface area contributed by atoms with Gasteiger partial charge in [-0.15, -0.1) is 0 Å². The van der Waals surface area contributed by atoms with Crippen LogP contribution < -0.4 is 0 Å². The van der Waals surface area contributed by atoms with E-state index in [-0.39, 0.29) is 11.4 Å². The molecule has 2 N–H and O–H groups in total. The average molecular weight is 139 g/mol. The van der Waals surface area contributed by atoms with Crippen LogP contribution in [0.5, 0.6) is 0 Å². The van der Waals surface area contributed by atoms with E-state index < -0.39 is 6.80 Å². The summed E-state index contributed by atoms with van der Waals surface area (Å²) in [6, 6.07) is 0. The minimum absolute atomic E-state index is 0.0394. The molecular formula is CH2NO3PS. The average Bonchev–Trinajstić information content (AvgIpc) is 1.30. The maximum Gasteiger partial charge on any atom is 0.398 e. The van der Waals surface area contributed by atoms with E-state index in [1.165, 1.54) is 5.40 Å². The lowest BCUT2D eigenvalue weighted by Crippen LogP contribution is -1.62. The molecule has 0 atom stereocenters. The zero-order chi connectivity index (χ0) is 5.91. The molecule has 0 heterocycles. The third-order valence-corrected chi connectivity index (χ3v) is 1.44. The molecule has 0 aromatic heterocycles. The number of rotatable bonds is 1. The van der Waals surface area contributed by atoms with Crippen molar-refractivity contribution in [2.24, 2.45) is 0 Å². The number of thiocyanates is 1. The zero-order valence-corrected chi connectivity index (χ0v) is 4.82. The summed E-state index contributed by atoms with van der Waals surface area (Å²) in [5, 5.41) is 8.88. The van der Waals surface area contributed by atoms with Crippen molar-refractivity contribution in [3.05, 3.63) is 0 Å². The molecule has 0 saturated carbocycles. The van der Waals surface area contributed by atoms with Gasteiger partial charge >= 0.3 is 6.80 Å². The molecule has 0 fully saturated rings. The highest BCUT2D eigenvalue weighted by Crippen LogP contribution is 2.49. The Balaban J connectivity index is 3.65. The topological polar surface area (TPSA) is 81.3 Å². The normalized spacial score (nSPS) is 10.4. The van der Waals surface area contributed by atoms with Crippen LogP contribution in [0.1, 0.15) is 0 Å². The van der Waals surface area contributed by atoms with E-state index in [2.05, 4.69) is 0 Å². The number of hydrogen-bond acceptors (Lipinski definition) is 3. The molecule has 0 rings (SSSR count). The van der Waals surface area contributed by atoms with E-state index in [1.807, 2.05) is 0 Å². The van der Waals surface area contributed by atoms with Crippen molar-refractivity contribution in [2.75, 3.05) is 0 Å². The molecule has 4 nitrogen and oxygen atoms in total. The molecule has 0 aliphatic heterocycles. The SMILES string of the molecule is N#CSP(=O)(O)O. The molecule has 6 heteroatoms. The van der Waals surface area contributed by atoms with E-state index >= 15 is 0 Å². The lowest BCUT2D eigenvalue weighted by Gasteiger charge is -1.88. The van der Waals surface area contributed by atoms with E-state index in [0.717, 1.165) is 0 Å². The summed E-state index contributed by atoms with van der Waals surface area (Å²) in [6.07, 6.45) is 0. The van der Waals surface area contributed by atoms with Crippen molar-refractivity contribution in [3.8, 4) is 5.40 Å². The summed E-state index contributed by atoms with van der Waals surface area (Å²) < 4.78 is 9.67. The summed E-state index contributed by atoms with van der Waals surface area (Å²) in [6.45, 7) is -4.11. The summed E-state index contributed by atoms with van der Waals surface area (Å²) in [5.74, 6) is 0. The van der Waals surface area contributed by atoms with Crippen molar-refractivity contribution in [2.45, 2.75) is 0 Å². The summed E-state index contributed by atoms with van der Waals surface area (Å²) >= 11 is -0.0394. The zero-order valence-electron chi connectivity index (χ0n) is 3.11. The molecule has 40 valence electrons. The molecule has 0 bridgehead atoms. The first-order valence-electron chi connectivity index (χ1n) is 1.19. The quantitative estimate of drug-likeness (QED) is 0.403. The Hall–Kier alpha value is -0.0100. The van der Waals surface area contributed by atoms with Crippen LogP contribution in [0.15, 0.2) is 0 Å². The number of nitriles is 1. The van der Waals surface area contributed by atoms with E-state index in [0.29, 0.717) is 0 Å². The summed E-state index contributed by atoms with van der Waals surface area (Å²) in [4.78, 5) is 15.7. The smallest absolute Gasteiger partial charge is 0.316 e. The Kier molecular flexibility index (Phi) is 2.33. The molecule has 7 heavy (non-hydrogen) atoms. The molecule has 0 unspecified atom stereocenters. The molecule has 0 radical (unpaired) electrons. The van der Waals surface area contributed by atoms with Gasteiger partial charge in [-0.3, -0.25) is 0 Å². The minimum Gasteiger partial charge on any atom is -0.316 e. The van der Waals surface area contributed by atoms with Gasteiger partial charge in [0.15, 0.2) is 0 Å². The van der Waals surface area contributed by atoms with Crippen LogP contribution in [-0.4, -0.2) is 9.79 Å². The number of hydrogen-bond donors (Lipinski definition) is 2. The predicted molar refractivity (Wildman–Crippen MR) is 25.2 cm³/mol. The third-order valence-electron chi connectivity index (χ3n) is 0.160. The highest BCUT2D eigenvalue weighted by molar-refractivity contribution is 8.56. The third kappa shape index (κ3) is 5.99. The maximum absolute atomic E-state index is 9.67. The van der Waals surface area contributed by atoms with Crippen molar-refractivity contribution in [1.29, 1.82) is 5.26 Å². The van der Waals surface area contributed by atoms with Gasteiger partial charge in [-0.2, -0.15) is 5.26 Å². The lowest BCUT2D eigenvalue weighted by molar-refractivity contribution is 0.397. The first-order chi connectivity index (χ1) is 3.06. The summed E-state index contributed by atoms with van der Waals surface area (Å²) in [5.41, 5.74) is 0. The monoisotopic (exact) mass is 139 g/mol. The van der Waals surface area contributed by atoms with Gasteiger partial charge in [0.25, 0.3) is 0 Å². The first-order valence-corrected chi connectivity index (χ1v) is 4.23. The Morgan fingerprint density at radius 3 is 2.14 bits per heavy atom. The fourth-order valence-electron chi connectivity index (χ4n) is 0.0532. The van der Waals surface area contributed by atoms with Gasteiger partial charge in [-0.1, -0.05) is 0 Å². The van der Waals surface area contributed by atoms with Crippen molar-refractivity contribution >= 4 is 18.2 Å². The standard InChI is InChI=1S/CH2NO3PS/c2-1-7-6(3,4)5/h(H2,3,4,5). The second-order valence-electron chi connectivity index (χ2n) is 0.673. The summed E-state index contributed by atoms with van der Waals surface area (Å²) in [7, 11) is 0. The van der Waals surface area contributed by atoms with Crippen molar-refractivity contribution < 1.29 is 14.4 Å². The molecule has 0 spiro atoms. The van der Waals surface area contributed by atoms with Gasteiger partial charge in [0.05, 0.1) is 11.4 Å². The van der Waals surface area contributed by atoms with Gasteiger partial charge in [-0.05, 0) is 0 Å². The fourth-order valence-corrected chi connectivity index (χ4v) is 0.479. The minimum atomic E-state index is -4.11. The number of nitrogens with zero attached hydrogens (tertiary/aromatic N) is 1. The molecule has 0 aliphatic carbocycles. The van der Waals surface area contributed by atoms with Gasteiger partial charge in [0.2, 0.25) is 0 Å². The lowest BCUT2D eigenvalue weighted by atomic mass is 11.8. The molecule has 0 amide bonds. The van der Waals surface area contributed by atoms with Gasteiger partial charge in [0.1, 0.15) is 5.40 Å². The van der Waals surface area contributed by atoms with Crippen molar-refractivity contribution in [1.82, 2.24) is 0 Å². The Morgan fingerprint density at radius 2 is 2.14 bits per heavy atom. The van der Waals surface area contributed by atoms with Crippen LogP contribution in [0, 0.1) is 10.7 Å². The fraction of sp³-hybridized carbons (Fsp3) is 0. The van der Waals surface area contributed by atoms with Gasteiger partial charge in [0, 0.05) is 0 Å². The predicted octanol–water partition coefficient (Wildman–Crippen LogP) is 0.293. The van der Waals surface area contributed by atoms with Crippen LogP contribution in [0.25, 0.3) is 0 Å². The van der Waals surface area contributed by atoms with Crippen LogP contribution in [-0.2, 0) is 4.57 Å². The Bertz CT molecular complexity index is 132. The molecule has 0 saturated heterocycles. The molecule has 0 aromatic carbocycles. The first kappa shape index (κ1) is 6.99. The molecule has 0 aliphatic rings. The van der Waals surface area contributed by atoms with Crippen LogP contribution >= 0.6 is 18.2 Å². The highest BCUT2D eigenvalue weighted by atomic mass is 32.7. The second-order valence-corrected chi connectivity index (χ2v) is 3.99. The molecular weight excluding hydrogens is 137 g/mol. The van der Waals surface area contributed by atoms with Crippen molar-refractivity contribution in [3.63, 3.8) is 0 Å². The second kappa shape index (κ2) is 2.34.